The van der Waals surface area contributed by atoms with E-state index < -0.39 is 9.84 Å². The highest BCUT2D eigenvalue weighted by atomic mass is 32.2. The van der Waals surface area contributed by atoms with Crippen LogP contribution in [0.15, 0.2) is 64.5 Å². The third-order valence-corrected chi connectivity index (χ3v) is 5.76. The molecular weight excluding hydrogens is 365 g/mol. The van der Waals surface area contributed by atoms with Crippen molar-refractivity contribution in [3.63, 3.8) is 0 Å². The van der Waals surface area contributed by atoms with Crippen molar-refractivity contribution in [3.8, 4) is 0 Å². The Morgan fingerprint density at radius 3 is 2.56 bits per heavy atom. The van der Waals surface area contributed by atoms with E-state index in [1.807, 2.05) is 24.9 Å². The van der Waals surface area contributed by atoms with Crippen LogP contribution in [0.1, 0.15) is 18.9 Å². The molecule has 7 heteroatoms. The first-order valence-electron chi connectivity index (χ1n) is 8.94. The molecule has 0 aliphatic heterocycles. The maximum absolute atomic E-state index is 13.3. The Bertz CT molecular complexity index is 855. The van der Waals surface area contributed by atoms with Gasteiger partial charge in [0.25, 0.3) is 0 Å². The van der Waals surface area contributed by atoms with E-state index in [0.717, 1.165) is 5.56 Å². The van der Waals surface area contributed by atoms with Crippen LogP contribution in [0.3, 0.4) is 0 Å². The summed E-state index contributed by atoms with van der Waals surface area (Å²) in [7, 11) is -1.42. The van der Waals surface area contributed by atoms with Crippen molar-refractivity contribution in [2.24, 2.45) is 4.99 Å². The quantitative estimate of drug-likeness (QED) is 0.427. The van der Waals surface area contributed by atoms with Crippen LogP contribution in [-0.4, -0.2) is 45.2 Å². The van der Waals surface area contributed by atoms with Gasteiger partial charge in [-0.05, 0) is 43.2 Å². The number of nitrogens with one attached hydrogen (secondary N) is 1. The molecule has 2 aromatic carbocycles. The molecule has 2 aromatic rings. The lowest BCUT2D eigenvalue weighted by Gasteiger charge is -2.22. The molecule has 0 saturated carbocycles. The van der Waals surface area contributed by atoms with Gasteiger partial charge in [-0.2, -0.15) is 0 Å². The zero-order chi connectivity index (χ0) is 19.7. The summed E-state index contributed by atoms with van der Waals surface area (Å²) in [4.78, 5) is 6.73. The van der Waals surface area contributed by atoms with Gasteiger partial charge in [0.2, 0.25) is 0 Å². The molecule has 0 saturated heterocycles. The number of halogens is 1. The van der Waals surface area contributed by atoms with Crippen molar-refractivity contribution in [1.82, 2.24) is 10.2 Å². The first-order valence-corrected chi connectivity index (χ1v) is 10.6. The van der Waals surface area contributed by atoms with Gasteiger partial charge in [0.15, 0.2) is 15.8 Å². The summed E-state index contributed by atoms with van der Waals surface area (Å²) in [6.45, 7) is 3.55. The Morgan fingerprint density at radius 2 is 1.89 bits per heavy atom. The molecule has 0 aromatic heterocycles. The molecule has 0 atom stereocenters. The Balaban J connectivity index is 1.94. The summed E-state index contributed by atoms with van der Waals surface area (Å²) in [6, 6.07) is 14.9. The van der Waals surface area contributed by atoms with E-state index in [9.17, 15) is 12.8 Å². The molecule has 0 spiro atoms. The summed E-state index contributed by atoms with van der Waals surface area (Å²) < 4.78 is 37.9. The van der Waals surface area contributed by atoms with Gasteiger partial charge in [-0.25, -0.2) is 12.8 Å². The molecule has 0 aliphatic carbocycles. The van der Waals surface area contributed by atoms with Crippen LogP contribution in [0, 0.1) is 5.82 Å². The molecule has 146 valence electrons. The highest BCUT2D eigenvalue weighted by Gasteiger charge is 2.13. The van der Waals surface area contributed by atoms with Crippen molar-refractivity contribution < 1.29 is 12.8 Å². The summed E-state index contributed by atoms with van der Waals surface area (Å²) in [5.74, 6) is 0.445. The van der Waals surface area contributed by atoms with E-state index in [4.69, 9.17) is 0 Å². The third-order valence-electron chi connectivity index (χ3n) is 3.94. The molecular formula is C20H26FN3O2S. The number of nitrogens with zero attached hydrogens (tertiary/aromatic N) is 2. The van der Waals surface area contributed by atoms with E-state index in [1.165, 1.54) is 12.1 Å². The predicted octanol–water partition coefficient (Wildman–Crippen LogP) is 3.09. The van der Waals surface area contributed by atoms with Gasteiger partial charge in [-0.1, -0.05) is 30.3 Å². The Hall–Kier alpha value is -2.41. The highest BCUT2D eigenvalue weighted by Crippen LogP contribution is 2.11. The highest BCUT2D eigenvalue weighted by molar-refractivity contribution is 7.91. The SMILES string of the molecule is CCNC(=NCCCS(=O)(=O)c1ccccc1)N(C)Cc1cccc(F)c1. The number of aliphatic imine (C=N–C) groups is 1. The van der Waals surface area contributed by atoms with Gasteiger partial charge in [0.05, 0.1) is 10.6 Å². The fourth-order valence-corrected chi connectivity index (χ4v) is 3.96. The second-order valence-corrected chi connectivity index (χ2v) is 8.32. The average molecular weight is 392 g/mol. The number of benzene rings is 2. The fraction of sp³-hybridized carbons (Fsp3) is 0.350. The molecule has 2 rings (SSSR count). The van der Waals surface area contributed by atoms with E-state index in [2.05, 4.69) is 10.3 Å². The molecule has 1 N–H and O–H groups in total. The topological polar surface area (TPSA) is 61.8 Å². The Labute approximate surface area is 160 Å². The Morgan fingerprint density at radius 1 is 1.15 bits per heavy atom. The van der Waals surface area contributed by atoms with E-state index in [-0.39, 0.29) is 11.6 Å². The van der Waals surface area contributed by atoms with Crippen LogP contribution in [0.5, 0.6) is 0 Å². The van der Waals surface area contributed by atoms with E-state index >= 15 is 0 Å². The number of sulfone groups is 1. The zero-order valence-corrected chi connectivity index (χ0v) is 16.5. The molecule has 0 fully saturated rings. The van der Waals surface area contributed by atoms with Gasteiger partial charge >= 0.3 is 0 Å². The first-order chi connectivity index (χ1) is 12.9. The normalized spacial score (nSPS) is 12.0. The van der Waals surface area contributed by atoms with Gasteiger partial charge in [-0.15, -0.1) is 0 Å². The zero-order valence-electron chi connectivity index (χ0n) is 15.7. The van der Waals surface area contributed by atoms with Crippen molar-refractivity contribution in [1.29, 1.82) is 0 Å². The standard InChI is InChI=1S/C20H26FN3O2S/c1-3-22-20(24(2)16-17-9-7-10-18(21)15-17)23-13-8-14-27(25,26)19-11-5-4-6-12-19/h4-7,9-12,15H,3,8,13-14,16H2,1-2H3,(H,22,23). The maximum atomic E-state index is 13.3. The second kappa shape index (κ2) is 10.1. The van der Waals surface area contributed by atoms with Crippen LogP contribution in [0.4, 0.5) is 4.39 Å². The van der Waals surface area contributed by atoms with Crippen LogP contribution < -0.4 is 5.32 Å². The number of hydrogen-bond donors (Lipinski definition) is 1. The number of rotatable bonds is 8. The lowest BCUT2D eigenvalue weighted by atomic mass is 10.2. The number of hydrogen-bond acceptors (Lipinski definition) is 3. The van der Waals surface area contributed by atoms with E-state index in [1.54, 1.807) is 36.4 Å². The average Bonchev–Trinajstić information content (AvgIpc) is 2.65. The van der Waals surface area contributed by atoms with Crippen LogP contribution in [-0.2, 0) is 16.4 Å². The molecule has 0 radical (unpaired) electrons. The molecule has 5 nitrogen and oxygen atoms in total. The summed E-state index contributed by atoms with van der Waals surface area (Å²) in [6.07, 6.45) is 0.430. The van der Waals surface area contributed by atoms with Crippen LogP contribution in [0.2, 0.25) is 0 Å². The molecule has 0 heterocycles. The largest absolute Gasteiger partial charge is 0.357 e. The first kappa shape index (κ1) is 20.9. The predicted molar refractivity (Wildman–Crippen MR) is 107 cm³/mol. The van der Waals surface area contributed by atoms with Crippen molar-refractivity contribution in [2.45, 2.75) is 24.8 Å². The van der Waals surface area contributed by atoms with Gasteiger partial charge in [0.1, 0.15) is 5.82 Å². The number of guanidine groups is 1. The smallest absolute Gasteiger partial charge is 0.193 e. The summed E-state index contributed by atoms with van der Waals surface area (Å²) in [5, 5.41) is 3.18. The van der Waals surface area contributed by atoms with Crippen molar-refractivity contribution in [3.05, 3.63) is 66.0 Å². The van der Waals surface area contributed by atoms with E-state index in [0.29, 0.717) is 36.9 Å². The minimum Gasteiger partial charge on any atom is -0.357 e. The molecule has 0 unspecified atom stereocenters. The molecule has 0 aliphatic rings. The van der Waals surface area contributed by atoms with Gasteiger partial charge < -0.3 is 10.2 Å². The lowest BCUT2D eigenvalue weighted by Crippen LogP contribution is -2.38. The lowest BCUT2D eigenvalue weighted by molar-refractivity contribution is 0.475. The molecule has 0 bridgehead atoms. The monoisotopic (exact) mass is 391 g/mol. The molecule has 27 heavy (non-hydrogen) atoms. The van der Waals surface area contributed by atoms with Crippen molar-refractivity contribution in [2.75, 3.05) is 25.9 Å². The third kappa shape index (κ3) is 6.67. The summed E-state index contributed by atoms with van der Waals surface area (Å²) in [5.41, 5.74) is 0.842. The Kier molecular flexibility index (Phi) is 7.79. The summed E-state index contributed by atoms with van der Waals surface area (Å²) >= 11 is 0. The van der Waals surface area contributed by atoms with Gasteiger partial charge in [-0.3, -0.25) is 4.99 Å². The van der Waals surface area contributed by atoms with Crippen molar-refractivity contribution >= 4 is 15.8 Å². The van der Waals surface area contributed by atoms with Crippen LogP contribution >= 0.6 is 0 Å². The minimum absolute atomic E-state index is 0.0491. The maximum Gasteiger partial charge on any atom is 0.193 e. The fourth-order valence-electron chi connectivity index (χ4n) is 2.64. The minimum atomic E-state index is -3.29. The van der Waals surface area contributed by atoms with Gasteiger partial charge in [0, 0.05) is 26.7 Å². The second-order valence-electron chi connectivity index (χ2n) is 6.21. The van der Waals surface area contributed by atoms with Crippen LogP contribution in [0.25, 0.3) is 0 Å². The molecule has 0 amide bonds.